The smallest absolute Gasteiger partial charge is 0.0869 e. The Morgan fingerprint density at radius 3 is 2.38 bits per heavy atom. The molecule has 2 unspecified atom stereocenters. The molecule has 24 heavy (non-hydrogen) atoms. The van der Waals surface area contributed by atoms with E-state index in [4.69, 9.17) is 0 Å². The molecular weight excluding hydrogens is 297 g/mol. The third-order valence-electron chi connectivity index (χ3n) is 4.55. The molecule has 1 aromatic carbocycles. The highest BCUT2D eigenvalue weighted by Gasteiger charge is 2.15. The average Bonchev–Trinajstić information content (AvgIpc) is 2.56. The highest BCUT2D eigenvalue weighted by atomic mass is 19.1. The predicted molar refractivity (Wildman–Crippen MR) is 104 cm³/mol. The van der Waals surface area contributed by atoms with Crippen LogP contribution in [0.5, 0.6) is 0 Å². The Labute approximate surface area is 146 Å². The number of likely N-dealkylation sites (N-methyl/N-ethyl adjacent to an activating group) is 1. The average molecular weight is 327 g/mol. The first-order valence-corrected chi connectivity index (χ1v) is 8.44. The van der Waals surface area contributed by atoms with Crippen molar-refractivity contribution in [2.24, 2.45) is 5.92 Å². The molecule has 0 heterocycles. The molecule has 0 saturated carbocycles. The molecule has 0 aromatic heterocycles. The topological polar surface area (TPSA) is 12.0 Å². The van der Waals surface area contributed by atoms with Gasteiger partial charge in [-0.15, -0.1) is 0 Å². The molecule has 0 spiro atoms. The Morgan fingerprint density at radius 2 is 1.88 bits per heavy atom. The summed E-state index contributed by atoms with van der Waals surface area (Å²) in [5.74, 6) is 0.237. The van der Waals surface area contributed by atoms with Crippen LogP contribution in [0, 0.1) is 12.8 Å². The lowest BCUT2D eigenvalue weighted by Crippen LogP contribution is -2.19. The number of benzene rings is 1. The lowest BCUT2D eigenvalue weighted by Gasteiger charge is -2.22. The third-order valence-corrected chi connectivity index (χ3v) is 4.55. The fourth-order valence-corrected chi connectivity index (χ4v) is 2.97. The summed E-state index contributed by atoms with van der Waals surface area (Å²) in [6.07, 6.45) is 6.59. The van der Waals surface area contributed by atoms with E-state index >= 15 is 0 Å². The van der Waals surface area contributed by atoms with Gasteiger partial charge in [0.25, 0.3) is 0 Å². The van der Waals surface area contributed by atoms with Crippen LogP contribution in [0.4, 0.5) is 4.39 Å². The van der Waals surface area contributed by atoms with Crippen molar-refractivity contribution in [3.63, 3.8) is 0 Å². The quantitative estimate of drug-likeness (QED) is 0.442. The number of nitrogens with one attached hydrogen (secondary N) is 1. The molecule has 0 aliphatic rings. The normalized spacial score (nSPS) is 16.0. The van der Waals surface area contributed by atoms with E-state index in [2.05, 4.69) is 63.9 Å². The summed E-state index contributed by atoms with van der Waals surface area (Å²) in [7, 11) is 1.99. The molecule has 2 heteroatoms. The van der Waals surface area contributed by atoms with Crippen LogP contribution in [-0.2, 0) is 0 Å². The van der Waals surface area contributed by atoms with Gasteiger partial charge in [0.1, 0.15) is 0 Å². The van der Waals surface area contributed by atoms with E-state index in [1.165, 1.54) is 28.3 Å². The van der Waals surface area contributed by atoms with Crippen LogP contribution in [0.2, 0.25) is 0 Å². The molecule has 130 valence electrons. The van der Waals surface area contributed by atoms with Crippen LogP contribution in [0.3, 0.4) is 0 Å². The second kappa shape index (κ2) is 10.0. The molecule has 0 aliphatic heterocycles. The number of aryl methyl sites for hydroxylation is 1. The summed E-state index contributed by atoms with van der Waals surface area (Å²) < 4.78 is 12.6. The van der Waals surface area contributed by atoms with Crippen LogP contribution in [0.15, 0.2) is 72.1 Å². The van der Waals surface area contributed by atoms with E-state index < -0.39 is 0 Å². The fraction of sp³-hybridized carbons (Fsp3) is 0.364. The summed E-state index contributed by atoms with van der Waals surface area (Å²) >= 11 is 0. The van der Waals surface area contributed by atoms with Crippen LogP contribution in [-0.4, -0.2) is 7.05 Å². The summed E-state index contributed by atoms with van der Waals surface area (Å²) in [5, 5.41) is 3.41. The van der Waals surface area contributed by atoms with Gasteiger partial charge in [-0.25, -0.2) is 4.39 Å². The van der Waals surface area contributed by atoms with E-state index in [0.717, 1.165) is 12.0 Å². The molecule has 1 aromatic rings. The monoisotopic (exact) mass is 327 g/mol. The predicted octanol–water partition coefficient (Wildman–Crippen LogP) is 6.21. The van der Waals surface area contributed by atoms with Crippen molar-refractivity contribution in [1.29, 1.82) is 0 Å². The molecule has 0 fully saturated rings. The summed E-state index contributed by atoms with van der Waals surface area (Å²) in [6, 6.07) is 8.82. The third kappa shape index (κ3) is 5.61. The second-order valence-corrected chi connectivity index (χ2v) is 6.40. The van der Waals surface area contributed by atoms with E-state index in [9.17, 15) is 4.39 Å². The molecule has 0 bridgehead atoms. The maximum absolute atomic E-state index is 12.6. The Hall–Kier alpha value is -1.93. The van der Waals surface area contributed by atoms with E-state index in [-0.39, 0.29) is 12.0 Å². The standard InChI is InChI=1S/C22H30FN/c1-7-8-20(13-14-23)18(4)15-17(3)19(5)22(24-6)21-11-9-16(2)10-12-21/h7-14,18,22,24H,1,15H2,2-6H3/b14-13-,19-17+,20-8+. The molecule has 0 aliphatic carbocycles. The molecule has 1 N–H and O–H groups in total. The van der Waals surface area contributed by atoms with Crippen molar-refractivity contribution in [1.82, 2.24) is 5.32 Å². The first kappa shape index (κ1) is 20.1. The van der Waals surface area contributed by atoms with Crippen molar-refractivity contribution in [3.8, 4) is 0 Å². The zero-order valence-electron chi connectivity index (χ0n) is 15.6. The van der Waals surface area contributed by atoms with Gasteiger partial charge in [-0.1, -0.05) is 66.6 Å². The highest BCUT2D eigenvalue weighted by Crippen LogP contribution is 2.29. The molecule has 0 amide bonds. The van der Waals surface area contributed by atoms with Crippen molar-refractivity contribution in [2.75, 3.05) is 7.05 Å². The molecule has 2 atom stereocenters. The Kier molecular flexibility index (Phi) is 8.42. The minimum atomic E-state index is 0.196. The van der Waals surface area contributed by atoms with E-state index in [1.807, 2.05) is 13.1 Å². The van der Waals surface area contributed by atoms with Crippen molar-refractivity contribution >= 4 is 0 Å². The maximum atomic E-state index is 12.6. The zero-order valence-corrected chi connectivity index (χ0v) is 15.6. The van der Waals surface area contributed by atoms with Gasteiger partial charge in [-0.05, 0) is 57.4 Å². The summed E-state index contributed by atoms with van der Waals surface area (Å²) in [4.78, 5) is 0. The second-order valence-electron chi connectivity index (χ2n) is 6.40. The van der Waals surface area contributed by atoms with Crippen molar-refractivity contribution in [2.45, 2.75) is 40.2 Å². The van der Waals surface area contributed by atoms with Gasteiger partial charge in [0, 0.05) is 0 Å². The molecule has 0 saturated heterocycles. The lowest BCUT2D eigenvalue weighted by molar-refractivity contribution is 0.634. The van der Waals surface area contributed by atoms with E-state index in [1.54, 1.807) is 6.08 Å². The Bertz CT molecular complexity index is 620. The molecule has 1 rings (SSSR count). The number of rotatable bonds is 8. The SMILES string of the molecule is C=C/C=C(\C=C/F)C(C)C/C(C)=C(\C)C(NC)c1ccc(C)cc1. The number of halogens is 1. The van der Waals surface area contributed by atoms with Crippen molar-refractivity contribution in [3.05, 3.63) is 83.2 Å². The maximum Gasteiger partial charge on any atom is 0.0869 e. The van der Waals surface area contributed by atoms with Gasteiger partial charge < -0.3 is 5.32 Å². The largest absolute Gasteiger partial charge is 0.310 e. The zero-order chi connectivity index (χ0) is 18.1. The van der Waals surface area contributed by atoms with Gasteiger partial charge >= 0.3 is 0 Å². The number of allylic oxidation sites excluding steroid dienone is 5. The Morgan fingerprint density at radius 1 is 1.25 bits per heavy atom. The number of hydrogen-bond donors (Lipinski definition) is 1. The molecule has 1 nitrogen and oxygen atoms in total. The van der Waals surface area contributed by atoms with Gasteiger partial charge in [-0.2, -0.15) is 0 Å². The first-order valence-electron chi connectivity index (χ1n) is 8.44. The highest BCUT2D eigenvalue weighted by molar-refractivity contribution is 5.33. The van der Waals surface area contributed by atoms with Gasteiger partial charge in [0.2, 0.25) is 0 Å². The van der Waals surface area contributed by atoms with Gasteiger partial charge in [0.05, 0.1) is 12.4 Å². The minimum Gasteiger partial charge on any atom is -0.310 e. The summed E-state index contributed by atoms with van der Waals surface area (Å²) in [5.41, 5.74) is 6.12. The van der Waals surface area contributed by atoms with Crippen molar-refractivity contribution < 1.29 is 4.39 Å². The van der Waals surface area contributed by atoms with Gasteiger partial charge in [-0.3, -0.25) is 0 Å². The van der Waals surface area contributed by atoms with Crippen LogP contribution < -0.4 is 5.32 Å². The summed E-state index contributed by atoms with van der Waals surface area (Å²) in [6.45, 7) is 12.3. The number of hydrogen-bond acceptors (Lipinski definition) is 1. The first-order chi connectivity index (χ1) is 11.4. The lowest BCUT2D eigenvalue weighted by atomic mass is 9.88. The molecular formula is C22H30FN. The Balaban J connectivity index is 3.02. The fourth-order valence-electron chi connectivity index (χ4n) is 2.97. The van der Waals surface area contributed by atoms with Crippen LogP contribution in [0.25, 0.3) is 0 Å². The minimum absolute atomic E-state index is 0.196. The van der Waals surface area contributed by atoms with Crippen LogP contribution >= 0.6 is 0 Å². The van der Waals surface area contributed by atoms with Crippen LogP contribution in [0.1, 0.15) is 44.4 Å². The molecule has 0 radical (unpaired) electrons. The van der Waals surface area contributed by atoms with Gasteiger partial charge in [0.15, 0.2) is 0 Å². The van der Waals surface area contributed by atoms with E-state index in [0.29, 0.717) is 6.33 Å².